The van der Waals surface area contributed by atoms with Crippen molar-refractivity contribution in [3.8, 4) is 22.8 Å². The number of fused-ring (bicyclic) bond motifs is 7. The Kier molecular flexibility index (Phi) is 3.85. The number of hydrogen-bond acceptors (Lipinski definition) is 5. The number of hydrogen-bond donors (Lipinski definition) is 0. The molecule has 1 atom stereocenters. The summed E-state index contributed by atoms with van der Waals surface area (Å²) >= 11 is 0. The third-order valence-corrected chi connectivity index (χ3v) is 6.89. The first-order valence-electron chi connectivity index (χ1n) is 10.9. The van der Waals surface area contributed by atoms with Crippen molar-refractivity contribution in [2.45, 2.75) is 24.7 Å². The Balaban J connectivity index is 1.41. The average Bonchev–Trinajstić information content (AvgIpc) is 3.62. The molecule has 0 saturated heterocycles. The van der Waals surface area contributed by atoms with Gasteiger partial charge in [0.2, 0.25) is 18.5 Å². The second-order valence-electron chi connectivity index (χ2n) is 8.74. The summed E-state index contributed by atoms with van der Waals surface area (Å²) in [5.74, 6) is -0.188. The molecular weight excluding hydrogens is 463 g/mol. The molecule has 1 unspecified atom stereocenters. The Hall–Kier alpha value is -4.21. The van der Waals surface area contributed by atoms with Gasteiger partial charge in [-0.2, -0.15) is 13.2 Å². The van der Waals surface area contributed by atoms with Crippen LogP contribution in [-0.4, -0.2) is 22.3 Å². The highest BCUT2D eigenvalue weighted by molar-refractivity contribution is 6.11. The minimum atomic E-state index is -4.60. The SMILES string of the molecule is O=C1N(Cc2ccc(C(F)(F)F)o2)c2ccccc2C12Cn1cncc1-c1cc3c(cc12)OCO3. The maximum absolute atomic E-state index is 14.3. The summed E-state index contributed by atoms with van der Waals surface area (Å²) < 4.78 is 57.5. The van der Waals surface area contributed by atoms with Crippen LogP contribution in [0.5, 0.6) is 11.5 Å². The molecule has 176 valence electrons. The minimum absolute atomic E-state index is 0.0440. The van der Waals surface area contributed by atoms with E-state index in [0.29, 0.717) is 17.2 Å². The second-order valence-corrected chi connectivity index (χ2v) is 8.74. The lowest BCUT2D eigenvalue weighted by atomic mass is 9.71. The number of halogens is 3. The van der Waals surface area contributed by atoms with E-state index < -0.39 is 17.4 Å². The molecule has 3 aliphatic rings. The fraction of sp³-hybridized carbons (Fsp3) is 0.200. The summed E-state index contributed by atoms with van der Waals surface area (Å²) in [6.07, 6.45) is -1.20. The topological polar surface area (TPSA) is 69.7 Å². The van der Waals surface area contributed by atoms with E-state index in [9.17, 15) is 18.0 Å². The molecule has 10 heteroatoms. The summed E-state index contributed by atoms with van der Waals surface area (Å²) in [4.78, 5) is 20.1. The average molecular weight is 479 g/mol. The highest BCUT2D eigenvalue weighted by Gasteiger charge is 2.55. The van der Waals surface area contributed by atoms with E-state index in [1.807, 2.05) is 28.8 Å². The first kappa shape index (κ1) is 20.2. The third kappa shape index (κ3) is 2.67. The Labute approximate surface area is 196 Å². The lowest BCUT2D eigenvalue weighted by Crippen LogP contribution is -2.46. The largest absolute Gasteiger partial charge is 0.455 e. The van der Waals surface area contributed by atoms with E-state index in [0.717, 1.165) is 28.5 Å². The first-order chi connectivity index (χ1) is 16.9. The number of carbonyl (C=O) groups excluding carboxylic acids is 1. The normalized spacial score (nSPS) is 19.7. The Morgan fingerprint density at radius 3 is 2.63 bits per heavy atom. The molecule has 4 aromatic rings. The number of anilines is 1. The van der Waals surface area contributed by atoms with E-state index in [1.165, 1.54) is 11.0 Å². The number of nitrogens with zero attached hydrogens (tertiary/aromatic N) is 3. The van der Waals surface area contributed by atoms with Gasteiger partial charge < -0.3 is 23.4 Å². The molecule has 0 radical (unpaired) electrons. The predicted molar refractivity (Wildman–Crippen MR) is 116 cm³/mol. The zero-order valence-corrected chi connectivity index (χ0v) is 18.0. The number of amides is 1. The molecule has 7 nitrogen and oxygen atoms in total. The van der Waals surface area contributed by atoms with Gasteiger partial charge in [-0.25, -0.2) is 4.98 Å². The Bertz CT molecular complexity index is 1520. The van der Waals surface area contributed by atoms with Gasteiger partial charge in [0.15, 0.2) is 11.5 Å². The van der Waals surface area contributed by atoms with Crippen LogP contribution in [0.4, 0.5) is 18.9 Å². The zero-order chi connectivity index (χ0) is 23.9. The fourth-order valence-electron chi connectivity index (χ4n) is 5.38. The van der Waals surface area contributed by atoms with Gasteiger partial charge in [-0.3, -0.25) is 4.79 Å². The predicted octanol–water partition coefficient (Wildman–Crippen LogP) is 4.74. The molecule has 5 heterocycles. The molecule has 2 aromatic carbocycles. The van der Waals surface area contributed by atoms with Crippen LogP contribution in [0.2, 0.25) is 0 Å². The molecule has 1 spiro atoms. The quantitative estimate of drug-likeness (QED) is 0.416. The molecule has 0 N–H and O–H groups in total. The van der Waals surface area contributed by atoms with Crippen molar-refractivity contribution in [3.05, 3.63) is 83.7 Å². The zero-order valence-electron chi connectivity index (χ0n) is 18.0. The van der Waals surface area contributed by atoms with Gasteiger partial charge in [0.1, 0.15) is 11.2 Å². The van der Waals surface area contributed by atoms with Gasteiger partial charge in [-0.1, -0.05) is 18.2 Å². The lowest BCUT2D eigenvalue weighted by molar-refractivity contribution is -0.153. The smallest absolute Gasteiger partial charge is 0.449 e. The van der Waals surface area contributed by atoms with E-state index in [-0.39, 0.29) is 31.5 Å². The van der Waals surface area contributed by atoms with Crippen LogP contribution in [0.25, 0.3) is 11.3 Å². The fourth-order valence-corrected chi connectivity index (χ4v) is 5.38. The van der Waals surface area contributed by atoms with Crippen molar-refractivity contribution >= 4 is 11.6 Å². The molecule has 2 aromatic heterocycles. The van der Waals surface area contributed by atoms with Gasteiger partial charge in [0.05, 0.1) is 24.8 Å². The molecule has 0 fully saturated rings. The lowest BCUT2D eigenvalue weighted by Gasteiger charge is -2.36. The summed E-state index contributed by atoms with van der Waals surface area (Å²) in [7, 11) is 0. The van der Waals surface area contributed by atoms with Crippen LogP contribution < -0.4 is 14.4 Å². The van der Waals surface area contributed by atoms with Crippen LogP contribution in [0, 0.1) is 0 Å². The Morgan fingerprint density at radius 2 is 1.83 bits per heavy atom. The first-order valence-corrected chi connectivity index (χ1v) is 10.9. The van der Waals surface area contributed by atoms with Crippen molar-refractivity contribution in [1.29, 1.82) is 0 Å². The van der Waals surface area contributed by atoms with Crippen molar-refractivity contribution in [2.75, 3.05) is 11.7 Å². The summed E-state index contributed by atoms with van der Waals surface area (Å²) in [5.41, 5.74) is 2.63. The molecular formula is C25H16F3N3O4. The van der Waals surface area contributed by atoms with Crippen LogP contribution in [0.3, 0.4) is 0 Å². The monoisotopic (exact) mass is 479 g/mol. The van der Waals surface area contributed by atoms with Gasteiger partial charge in [0.25, 0.3) is 0 Å². The van der Waals surface area contributed by atoms with E-state index in [2.05, 4.69) is 4.98 Å². The second kappa shape index (κ2) is 6.68. The van der Waals surface area contributed by atoms with Crippen LogP contribution >= 0.6 is 0 Å². The van der Waals surface area contributed by atoms with Crippen molar-refractivity contribution in [3.63, 3.8) is 0 Å². The van der Waals surface area contributed by atoms with Crippen molar-refractivity contribution in [2.24, 2.45) is 0 Å². The maximum Gasteiger partial charge on any atom is 0.449 e. The molecule has 0 aliphatic carbocycles. The maximum atomic E-state index is 14.3. The minimum Gasteiger partial charge on any atom is -0.455 e. The van der Waals surface area contributed by atoms with Gasteiger partial charge in [0, 0.05) is 17.8 Å². The highest BCUT2D eigenvalue weighted by atomic mass is 19.4. The molecule has 0 bridgehead atoms. The van der Waals surface area contributed by atoms with Crippen LogP contribution in [-0.2, 0) is 29.5 Å². The number of aromatic nitrogens is 2. The molecule has 1 amide bonds. The van der Waals surface area contributed by atoms with Crippen LogP contribution in [0.15, 0.2) is 65.5 Å². The number of furan rings is 1. The molecule has 35 heavy (non-hydrogen) atoms. The molecule has 0 saturated carbocycles. The Morgan fingerprint density at radius 1 is 1.03 bits per heavy atom. The van der Waals surface area contributed by atoms with Crippen molar-refractivity contribution < 1.29 is 31.9 Å². The number of alkyl halides is 3. The number of carbonyl (C=O) groups is 1. The molecule has 3 aliphatic heterocycles. The summed E-state index contributed by atoms with van der Waals surface area (Å²) in [6.45, 7) is 0.235. The van der Waals surface area contributed by atoms with Gasteiger partial charge in [-0.15, -0.1) is 0 Å². The summed E-state index contributed by atoms with van der Waals surface area (Å²) in [6, 6.07) is 13.2. The third-order valence-electron chi connectivity index (χ3n) is 6.89. The highest BCUT2D eigenvalue weighted by Crippen LogP contribution is 2.55. The number of rotatable bonds is 2. The summed E-state index contributed by atoms with van der Waals surface area (Å²) in [5, 5.41) is 0. The standard InChI is InChI=1S/C25H16F3N3O4/c26-25(27,28)22-6-5-14(35-22)10-31-18-4-2-1-3-16(18)24(23(31)32)11-30-12-29-9-19(30)15-7-20-21(8-17(15)24)34-13-33-20/h1-9,12H,10-11,13H2. The van der Waals surface area contributed by atoms with Gasteiger partial charge in [-0.05, 0) is 41.5 Å². The van der Waals surface area contributed by atoms with E-state index >= 15 is 0 Å². The van der Waals surface area contributed by atoms with E-state index in [1.54, 1.807) is 24.7 Å². The van der Waals surface area contributed by atoms with Gasteiger partial charge >= 0.3 is 6.18 Å². The van der Waals surface area contributed by atoms with E-state index in [4.69, 9.17) is 13.9 Å². The number of imidazole rings is 1. The number of ether oxygens (including phenoxy) is 2. The number of benzene rings is 2. The van der Waals surface area contributed by atoms with Crippen LogP contribution in [0.1, 0.15) is 22.6 Å². The molecule has 7 rings (SSSR count). The van der Waals surface area contributed by atoms with Crippen molar-refractivity contribution in [1.82, 2.24) is 9.55 Å². The number of para-hydroxylation sites is 1.